The molecule has 2 nitrogen and oxygen atoms in total. The molecule has 0 rings (SSSR count). The number of carboxylic acids is 1. The van der Waals surface area contributed by atoms with E-state index in [1.807, 2.05) is 0 Å². The third-order valence-electron chi connectivity index (χ3n) is 1.08. The van der Waals surface area contributed by atoms with E-state index >= 15 is 0 Å². The maximum absolute atomic E-state index is 12.3. The second-order valence-electron chi connectivity index (χ2n) is 1.96. The van der Waals surface area contributed by atoms with E-state index in [9.17, 15) is 26.7 Å². The van der Waals surface area contributed by atoms with Crippen molar-refractivity contribution in [2.24, 2.45) is 0 Å². The van der Waals surface area contributed by atoms with Crippen molar-refractivity contribution in [3.63, 3.8) is 0 Å². The maximum Gasteiger partial charge on any atom is 0.421 e. The fraction of sp³-hybridized carbons (Fsp3) is 0.750. The van der Waals surface area contributed by atoms with Gasteiger partial charge in [0.2, 0.25) is 0 Å². The molecule has 0 heterocycles. The van der Waals surface area contributed by atoms with E-state index in [1.165, 1.54) is 31.9 Å². The van der Waals surface area contributed by atoms with Gasteiger partial charge >= 0.3 is 17.0 Å². The van der Waals surface area contributed by atoms with Crippen molar-refractivity contribution in [3.05, 3.63) is 0 Å². The molecule has 0 fully saturated rings. The second-order valence-corrected chi connectivity index (χ2v) is 4.14. The number of aliphatic carboxylic acids is 1. The average molecular weight is 336 g/mol. The third-order valence-corrected chi connectivity index (χ3v) is 3.49. The highest BCUT2D eigenvalue weighted by molar-refractivity contribution is 9.13. The van der Waals surface area contributed by atoms with E-state index < -0.39 is 21.3 Å². The molecule has 1 unspecified atom stereocenters. The summed E-state index contributed by atoms with van der Waals surface area (Å²) in [5, 5.41) is 8.03. The van der Waals surface area contributed by atoms with Gasteiger partial charge < -0.3 is 5.11 Å². The van der Waals surface area contributed by atoms with Gasteiger partial charge in [-0.05, 0) is 15.9 Å². The van der Waals surface area contributed by atoms with Crippen LogP contribution in [-0.2, 0) is 4.79 Å². The van der Waals surface area contributed by atoms with Crippen LogP contribution in [0.15, 0.2) is 0 Å². The van der Waals surface area contributed by atoms with Crippen LogP contribution in [-0.4, -0.2) is 26.4 Å². The van der Waals surface area contributed by atoms with Gasteiger partial charge in [-0.1, -0.05) is 15.9 Å². The summed E-state index contributed by atoms with van der Waals surface area (Å²) < 4.78 is 56.0. The van der Waals surface area contributed by atoms with Gasteiger partial charge in [-0.15, -0.1) is 0 Å². The average Bonchev–Trinajstić information content (AvgIpc) is 1.80. The molecular weight excluding hydrogens is 335 g/mol. The zero-order valence-corrected chi connectivity index (χ0v) is 8.67. The molecule has 0 bridgehead atoms. The zero-order chi connectivity index (χ0) is 11.1. The van der Waals surface area contributed by atoms with Crippen LogP contribution in [0.1, 0.15) is 0 Å². The van der Waals surface area contributed by atoms with Crippen LogP contribution in [0.3, 0.4) is 0 Å². The predicted molar refractivity (Wildman–Crippen MR) is 39.2 cm³/mol. The van der Waals surface area contributed by atoms with Crippen molar-refractivity contribution in [3.8, 4) is 0 Å². The summed E-state index contributed by atoms with van der Waals surface area (Å²) in [4.78, 5) is 5.40. The minimum Gasteiger partial charge on any atom is -0.480 e. The molecule has 1 atom stereocenters. The fourth-order valence-corrected chi connectivity index (χ4v) is 0.798. The highest BCUT2D eigenvalue weighted by Crippen LogP contribution is 2.51. The number of halogens is 7. The van der Waals surface area contributed by atoms with Crippen molar-refractivity contribution in [2.45, 2.75) is 15.3 Å². The van der Waals surface area contributed by atoms with Crippen LogP contribution >= 0.6 is 31.9 Å². The van der Waals surface area contributed by atoms with E-state index in [4.69, 9.17) is 5.11 Å². The Morgan fingerprint density at radius 3 is 1.38 bits per heavy atom. The second kappa shape index (κ2) is 3.34. The number of hydrogen-bond donors (Lipinski definition) is 1. The van der Waals surface area contributed by atoms with Gasteiger partial charge in [0.1, 0.15) is 0 Å². The lowest BCUT2D eigenvalue weighted by Crippen LogP contribution is -2.56. The summed E-state index contributed by atoms with van der Waals surface area (Å²) in [6.45, 7) is 0. The molecule has 1 N–H and O–H groups in total. The first-order valence-corrected chi connectivity index (χ1v) is 4.09. The molecule has 0 aromatic carbocycles. The quantitative estimate of drug-likeness (QED) is 0.622. The van der Waals surface area contributed by atoms with E-state index in [1.54, 1.807) is 0 Å². The Bertz CT molecular complexity index is 206. The van der Waals surface area contributed by atoms with Crippen molar-refractivity contribution < 1.29 is 31.9 Å². The standard InChI is InChI=1S/C4HBr2F5O2/c5-2(1(12)13,3(6,7)8)4(9,10)11/h(H,12,13). The molecule has 78 valence electrons. The molecule has 0 saturated heterocycles. The number of hydrogen-bond acceptors (Lipinski definition) is 1. The lowest BCUT2D eigenvalue weighted by Gasteiger charge is -2.29. The lowest BCUT2D eigenvalue weighted by atomic mass is 10.1. The summed E-state index contributed by atoms with van der Waals surface area (Å²) in [7, 11) is 0. The van der Waals surface area contributed by atoms with Crippen molar-refractivity contribution in [1.82, 2.24) is 0 Å². The lowest BCUT2D eigenvalue weighted by molar-refractivity contribution is -0.205. The Morgan fingerprint density at radius 2 is 1.38 bits per heavy atom. The Balaban J connectivity index is 5.35. The maximum atomic E-state index is 12.3. The molecule has 0 amide bonds. The summed E-state index contributed by atoms with van der Waals surface area (Å²) >= 11 is 2.83. The summed E-state index contributed by atoms with van der Waals surface area (Å²) in [6.07, 6.45) is -5.62. The topological polar surface area (TPSA) is 37.3 Å². The zero-order valence-electron chi connectivity index (χ0n) is 5.50. The highest BCUT2D eigenvalue weighted by atomic mass is 79.9. The molecule has 0 spiro atoms. The van der Waals surface area contributed by atoms with E-state index in [-0.39, 0.29) is 0 Å². The van der Waals surface area contributed by atoms with Gasteiger partial charge in [0, 0.05) is 0 Å². The Labute approximate surface area is 85.4 Å². The smallest absolute Gasteiger partial charge is 0.421 e. The Kier molecular flexibility index (Phi) is 3.36. The van der Waals surface area contributed by atoms with E-state index in [2.05, 4.69) is 0 Å². The molecule has 0 aliphatic heterocycles. The monoisotopic (exact) mass is 334 g/mol. The third kappa shape index (κ3) is 2.12. The van der Waals surface area contributed by atoms with Crippen LogP contribution < -0.4 is 0 Å². The molecule has 0 aromatic rings. The molecule has 13 heavy (non-hydrogen) atoms. The molecule has 0 radical (unpaired) electrons. The predicted octanol–water partition coefficient (Wildman–Crippen LogP) is 2.75. The first-order valence-electron chi connectivity index (χ1n) is 2.50. The van der Waals surface area contributed by atoms with Crippen LogP contribution in [0.4, 0.5) is 22.0 Å². The van der Waals surface area contributed by atoms with E-state index in [0.717, 1.165) is 0 Å². The normalized spacial score (nSPS) is 18.1. The fourth-order valence-electron chi connectivity index (χ4n) is 0.403. The minimum absolute atomic E-state index is 1.36. The van der Waals surface area contributed by atoms with Gasteiger partial charge in [0.05, 0.1) is 0 Å². The molecule has 0 aliphatic carbocycles. The van der Waals surface area contributed by atoms with Gasteiger partial charge in [0.25, 0.3) is 4.32 Å². The SMILES string of the molecule is O=C(O)C(Br)(C(F)(F)F)C(F)(F)Br. The van der Waals surface area contributed by atoms with Crippen molar-refractivity contribution in [2.75, 3.05) is 0 Å². The van der Waals surface area contributed by atoms with Gasteiger partial charge in [0.15, 0.2) is 0 Å². The number of rotatable bonds is 2. The van der Waals surface area contributed by atoms with Gasteiger partial charge in [-0.2, -0.15) is 22.0 Å². The molecule has 0 aromatic heterocycles. The number of carboxylic acid groups (broad SMARTS) is 1. The molecule has 0 saturated carbocycles. The van der Waals surface area contributed by atoms with Crippen LogP contribution in [0, 0.1) is 0 Å². The summed E-state index contributed by atoms with van der Waals surface area (Å²) in [6, 6.07) is 0. The summed E-state index contributed by atoms with van der Waals surface area (Å²) in [5.41, 5.74) is 0. The van der Waals surface area contributed by atoms with Crippen LogP contribution in [0.2, 0.25) is 0 Å². The van der Waals surface area contributed by atoms with Crippen LogP contribution in [0.5, 0.6) is 0 Å². The van der Waals surface area contributed by atoms with Crippen molar-refractivity contribution >= 4 is 37.8 Å². The highest BCUT2D eigenvalue weighted by Gasteiger charge is 2.73. The summed E-state index contributed by atoms with van der Waals surface area (Å²) in [5.74, 6) is -2.72. The van der Waals surface area contributed by atoms with Crippen molar-refractivity contribution in [1.29, 1.82) is 0 Å². The Morgan fingerprint density at radius 1 is 1.08 bits per heavy atom. The van der Waals surface area contributed by atoms with Gasteiger partial charge in [-0.3, -0.25) is 4.79 Å². The molecule has 9 heteroatoms. The van der Waals surface area contributed by atoms with Gasteiger partial charge in [-0.25, -0.2) is 0 Å². The van der Waals surface area contributed by atoms with Crippen LogP contribution in [0.25, 0.3) is 0 Å². The number of alkyl halides is 7. The first kappa shape index (κ1) is 13.1. The first-order chi connectivity index (χ1) is 5.44. The Hall–Kier alpha value is 0.0800. The van der Waals surface area contributed by atoms with E-state index in [0.29, 0.717) is 0 Å². The molecule has 0 aliphatic rings. The minimum atomic E-state index is -5.62. The largest absolute Gasteiger partial charge is 0.480 e. The molecular formula is C4HBr2F5O2. The number of carbonyl (C=O) groups is 1.